The number of nitrogens with zero attached hydrogens (tertiary/aromatic N) is 1. The average molecular weight is 337 g/mol. The molecule has 1 aromatic carbocycles. The molecule has 1 aromatic rings. The van der Waals surface area contributed by atoms with Gasteiger partial charge in [-0.3, -0.25) is 4.79 Å². The second-order valence-corrected chi connectivity index (χ2v) is 5.82. The highest BCUT2D eigenvalue weighted by Crippen LogP contribution is 2.25. The lowest BCUT2D eigenvalue weighted by atomic mass is 10.0. The van der Waals surface area contributed by atoms with Gasteiger partial charge in [-0.1, -0.05) is 11.8 Å². The molecule has 0 radical (unpaired) electrons. The van der Waals surface area contributed by atoms with E-state index in [0.717, 1.165) is 25.9 Å². The minimum atomic E-state index is -2.43. The number of hydrogen-bond donors (Lipinski definition) is 1. The zero-order valence-corrected chi connectivity index (χ0v) is 13.4. The standard InChI is InChI=1S/C14H18F2N2OS.ClH/c1-17-11-6-8-18(9-7-11)13(19)10-2-4-12(5-3-10)20-14(15)16;/h2-5,11,14,17H,6-9H2,1H3;1H. The largest absolute Gasteiger partial charge is 0.339 e. The highest BCUT2D eigenvalue weighted by Gasteiger charge is 2.22. The maximum atomic E-state index is 12.3. The van der Waals surface area contributed by atoms with Crippen molar-refractivity contribution in [3.63, 3.8) is 0 Å². The van der Waals surface area contributed by atoms with Crippen molar-refractivity contribution in [3.8, 4) is 0 Å². The Morgan fingerprint density at radius 2 is 1.86 bits per heavy atom. The van der Waals surface area contributed by atoms with E-state index in [2.05, 4.69) is 5.32 Å². The van der Waals surface area contributed by atoms with Gasteiger partial charge in [0.1, 0.15) is 0 Å². The third-order valence-corrected chi connectivity index (χ3v) is 4.24. The van der Waals surface area contributed by atoms with E-state index in [1.54, 1.807) is 24.3 Å². The van der Waals surface area contributed by atoms with Gasteiger partial charge < -0.3 is 10.2 Å². The lowest BCUT2D eigenvalue weighted by Crippen LogP contribution is -2.43. The van der Waals surface area contributed by atoms with Crippen LogP contribution >= 0.6 is 24.2 Å². The molecule has 7 heteroatoms. The predicted molar refractivity (Wildman–Crippen MR) is 83.5 cm³/mol. The molecular formula is C14H19ClF2N2OS. The minimum Gasteiger partial charge on any atom is -0.339 e. The molecule has 0 aliphatic carbocycles. The number of piperidine rings is 1. The maximum absolute atomic E-state index is 12.3. The molecule has 0 spiro atoms. The fourth-order valence-electron chi connectivity index (χ4n) is 2.33. The second kappa shape index (κ2) is 8.56. The van der Waals surface area contributed by atoms with Crippen LogP contribution in [0.5, 0.6) is 0 Å². The van der Waals surface area contributed by atoms with E-state index >= 15 is 0 Å². The Morgan fingerprint density at radius 1 is 1.29 bits per heavy atom. The molecule has 3 nitrogen and oxygen atoms in total. The van der Waals surface area contributed by atoms with Gasteiger partial charge in [-0.05, 0) is 44.2 Å². The van der Waals surface area contributed by atoms with Crippen molar-refractivity contribution in [2.75, 3.05) is 20.1 Å². The first-order valence-electron chi connectivity index (χ1n) is 6.61. The first-order valence-corrected chi connectivity index (χ1v) is 7.49. The van der Waals surface area contributed by atoms with Crippen LogP contribution in [0.1, 0.15) is 23.2 Å². The Balaban J connectivity index is 0.00000220. The molecule has 1 N–H and O–H groups in total. The zero-order valence-electron chi connectivity index (χ0n) is 11.7. The second-order valence-electron chi connectivity index (χ2n) is 4.76. The Bertz CT molecular complexity index is 451. The number of likely N-dealkylation sites (tertiary alicyclic amines) is 1. The molecule has 1 saturated heterocycles. The fraction of sp³-hybridized carbons (Fsp3) is 0.500. The smallest absolute Gasteiger partial charge is 0.288 e. The molecule has 1 aliphatic heterocycles. The van der Waals surface area contributed by atoms with Gasteiger partial charge in [0.15, 0.2) is 0 Å². The van der Waals surface area contributed by atoms with Gasteiger partial charge in [-0.15, -0.1) is 12.4 Å². The van der Waals surface area contributed by atoms with E-state index < -0.39 is 5.76 Å². The quantitative estimate of drug-likeness (QED) is 0.857. The summed E-state index contributed by atoms with van der Waals surface area (Å²) in [6, 6.07) is 6.87. The number of amides is 1. The summed E-state index contributed by atoms with van der Waals surface area (Å²) in [5, 5.41) is 3.22. The molecule has 21 heavy (non-hydrogen) atoms. The monoisotopic (exact) mass is 336 g/mol. The molecule has 118 valence electrons. The number of carbonyl (C=O) groups excluding carboxylic acids is 1. The van der Waals surface area contributed by atoms with E-state index in [1.807, 2.05) is 11.9 Å². The number of thioether (sulfide) groups is 1. The summed E-state index contributed by atoms with van der Waals surface area (Å²) in [7, 11) is 1.93. The lowest BCUT2D eigenvalue weighted by molar-refractivity contribution is 0.0707. The Labute approximate surface area is 133 Å². The van der Waals surface area contributed by atoms with Gasteiger partial charge in [0.25, 0.3) is 11.7 Å². The number of rotatable bonds is 4. The number of nitrogens with one attached hydrogen (secondary N) is 1. The zero-order chi connectivity index (χ0) is 14.5. The number of hydrogen-bond acceptors (Lipinski definition) is 3. The molecule has 0 atom stereocenters. The van der Waals surface area contributed by atoms with Crippen LogP contribution in [0.2, 0.25) is 0 Å². The van der Waals surface area contributed by atoms with Crippen LogP contribution in [0.3, 0.4) is 0 Å². The summed E-state index contributed by atoms with van der Waals surface area (Å²) >= 11 is 0.491. The van der Waals surface area contributed by atoms with Gasteiger partial charge in [0.05, 0.1) is 0 Å². The summed E-state index contributed by atoms with van der Waals surface area (Å²) in [6.07, 6.45) is 1.89. The number of alkyl halides is 2. The number of halogens is 3. The van der Waals surface area contributed by atoms with Crippen molar-refractivity contribution in [3.05, 3.63) is 29.8 Å². The lowest BCUT2D eigenvalue weighted by Gasteiger charge is -2.31. The van der Waals surface area contributed by atoms with Gasteiger partial charge in [0, 0.05) is 29.6 Å². The van der Waals surface area contributed by atoms with Crippen LogP contribution in [0.25, 0.3) is 0 Å². The van der Waals surface area contributed by atoms with Crippen LogP contribution < -0.4 is 5.32 Å². The van der Waals surface area contributed by atoms with Crippen molar-refractivity contribution in [2.24, 2.45) is 0 Å². The maximum Gasteiger partial charge on any atom is 0.288 e. The molecule has 1 aliphatic rings. The van der Waals surface area contributed by atoms with Crippen LogP contribution in [0, 0.1) is 0 Å². The Kier molecular flexibility index (Phi) is 7.42. The summed E-state index contributed by atoms with van der Waals surface area (Å²) in [5.41, 5.74) is 0.562. The molecule has 1 amide bonds. The molecule has 0 bridgehead atoms. The average Bonchev–Trinajstić information content (AvgIpc) is 2.47. The van der Waals surface area contributed by atoms with Crippen LogP contribution in [-0.4, -0.2) is 42.7 Å². The van der Waals surface area contributed by atoms with Gasteiger partial charge in [-0.25, -0.2) is 0 Å². The highest BCUT2D eigenvalue weighted by molar-refractivity contribution is 7.99. The first-order chi connectivity index (χ1) is 9.60. The van der Waals surface area contributed by atoms with Crippen molar-refractivity contribution >= 4 is 30.1 Å². The van der Waals surface area contributed by atoms with Crippen molar-refractivity contribution in [1.29, 1.82) is 0 Å². The Hall–Kier alpha value is -0.850. The molecular weight excluding hydrogens is 318 g/mol. The van der Waals surface area contributed by atoms with Crippen molar-refractivity contribution in [1.82, 2.24) is 10.2 Å². The normalized spacial score (nSPS) is 15.9. The molecule has 0 aromatic heterocycles. The van der Waals surface area contributed by atoms with Crippen LogP contribution in [0.15, 0.2) is 29.2 Å². The summed E-state index contributed by atoms with van der Waals surface area (Å²) < 4.78 is 24.4. The van der Waals surface area contributed by atoms with E-state index in [4.69, 9.17) is 0 Å². The molecule has 1 heterocycles. The number of benzene rings is 1. The van der Waals surface area contributed by atoms with Crippen LogP contribution in [0.4, 0.5) is 8.78 Å². The van der Waals surface area contributed by atoms with Crippen molar-refractivity contribution < 1.29 is 13.6 Å². The summed E-state index contributed by atoms with van der Waals surface area (Å²) in [5.74, 6) is -2.45. The van der Waals surface area contributed by atoms with E-state index in [1.165, 1.54) is 0 Å². The number of carbonyl (C=O) groups is 1. The SMILES string of the molecule is CNC1CCN(C(=O)c2ccc(SC(F)F)cc2)CC1.Cl. The third kappa shape index (κ3) is 5.13. The summed E-state index contributed by atoms with van der Waals surface area (Å²) in [4.78, 5) is 14.6. The molecule has 2 rings (SSSR count). The highest BCUT2D eigenvalue weighted by atomic mass is 35.5. The minimum absolute atomic E-state index is 0. The van der Waals surface area contributed by atoms with Gasteiger partial charge in [0.2, 0.25) is 0 Å². The molecule has 0 unspecified atom stereocenters. The van der Waals surface area contributed by atoms with E-state index in [-0.39, 0.29) is 18.3 Å². The molecule has 0 saturated carbocycles. The van der Waals surface area contributed by atoms with E-state index in [0.29, 0.717) is 28.3 Å². The Morgan fingerprint density at radius 3 is 2.33 bits per heavy atom. The van der Waals surface area contributed by atoms with E-state index in [9.17, 15) is 13.6 Å². The first kappa shape index (κ1) is 18.2. The predicted octanol–water partition coefficient (Wildman–Crippen LogP) is 3.25. The van der Waals surface area contributed by atoms with Crippen LogP contribution in [-0.2, 0) is 0 Å². The topological polar surface area (TPSA) is 32.3 Å². The summed E-state index contributed by atoms with van der Waals surface area (Å²) in [6.45, 7) is 1.47. The van der Waals surface area contributed by atoms with Crippen molar-refractivity contribution in [2.45, 2.75) is 29.5 Å². The van der Waals surface area contributed by atoms with Gasteiger partial charge in [-0.2, -0.15) is 8.78 Å². The fourth-order valence-corrected chi connectivity index (χ4v) is 2.83. The molecule has 1 fully saturated rings. The van der Waals surface area contributed by atoms with Gasteiger partial charge >= 0.3 is 0 Å². The third-order valence-electron chi connectivity index (χ3n) is 3.52.